The fraction of sp³-hybridized carbons (Fsp3) is 0.450. The van der Waals surface area contributed by atoms with Crippen LogP contribution in [0.15, 0.2) is 24.3 Å². The Kier molecular flexibility index (Phi) is 5.48. The summed E-state index contributed by atoms with van der Waals surface area (Å²) < 4.78 is 9.26. The van der Waals surface area contributed by atoms with Gasteiger partial charge >= 0.3 is 0 Å². The molecule has 2 aromatic heterocycles. The van der Waals surface area contributed by atoms with Crippen molar-refractivity contribution >= 4 is 22.9 Å². The highest BCUT2D eigenvalue weighted by atomic mass is 16.5. The van der Waals surface area contributed by atoms with Crippen LogP contribution in [0.2, 0.25) is 0 Å². The standard InChI is InChI=1S/C20H27N5O2/c1-6-25-16(12-14(4)23-25)19(26)22-20-21-15-8-7-9-17(27-5)18(15)24(20)11-10-13(2)3/h7-9,12-13H,6,10-11H2,1-5H3,(H,21,22,26). The van der Waals surface area contributed by atoms with Gasteiger partial charge in [0.15, 0.2) is 0 Å². The van der Waals surface area contributed by atoms with E-state index in [1.54, 1.807) is 17.9 Å². The van der Waals surface area contributed by atoms with E-state index in [1.165, 1.54) is 0 Å². The van der Waals surface area contributed by atoms with Gasteiger partial charge in [0.25, 0.3) is 5.91 Å². The number of carbonyl (C=O) groups excluding carboxylic acids is 1. The third-order valence-electron chi connectivity index (χ3n) is 4.54. The molecule has 0 atom stereocenters. The Morgan fingerprint density at radius 3 is 2.78 bits per heavy atom. The normalized spacial score (nSPS) is 11.3. The summed E-state index contributed by atoms with van der Waals surface area (Å²) in [6, 6.07) is 7.54. The van der Waals surface area contributed by atoms with Crippen molar-refractivity contribution in [3.63, 3.8) is 0 Å². The highest BCUT2D eigenvalue weighted by Gasteiger charge is 2.19. The summed E-state index contributed by atoms with van der Waals surface area (Å²) in [6.07, 6.45) is 0.971. The second-order valence-electron chi connectivity index (χ2n) is 7.04. The molecule has 0 radical (unpaired) electrons. The smallest absolute Gasteiger partial charge is 0.276 e. The molecule has 0 bridgehead atoms. The highest BCUT2D eigenvalue weighted by molar-refractivity contribution is 6.03. The molecule has 2 heterocycles. The van der Waals surface area contributed by atoms with Crippen molar-refractivity contribution in [2.45, 2.75) is 47.2 Å². The minimum Gasteiger partial charge on any atom is -0.494 e. The van der Waals surface area contributed by atoms with Crippen LogP contribution in [0, 0.1) is 12.8 Å². The molecule has 1 aromatic carbocycles. The zero-order valence-corrected chi connectivity index (χ0v) is 16.6. The zero-order valence-electron chi connectivity index (χ0n) is 16.6. The molecule has 0 fully saturated rings. The van der Waals surface area contributed by atoms with E-state index in [0.717, 1.165) is 35.4 Å². The number of aryl methyl sites for hydroxylation is 3. The van der Waals surface area contributed by atoms with Crippen molar-refractivity contribution in [3.8, 4) is 5.75 Å². The topological polar surface area (TPSA) is 74.0 Å². The Morgan fingerprint density at radius 1 is 1.33 bits per heavy atom. The first-order valence-corrected chi connectivity index (χ1v) is 9.33. The van der Waals surface area contributed by atoms with E-state index in [0.29, 0.717) is 24.1 Å². The summed E-state index contributed by atoms with van der Waals surface area (Å²) in [4.78, 5) is 17.5. The number of methoxy groups -OCH3 is 1. The maximum absolute atomic E-state index is 12.9. The number of hydrogen-bond donors (Lipinski definition) is 1. The minimum atomic E-state index is -0.211. The largest absolute Gasteiger partial charge is 0.494 e. The number of nitrogens with one attached hydrogen (secondary N) is 1. The minimum absolute atomic E-state index is 0.211. The van der Waals surface area contributed by atoms with Crippen molar-refractivity contribution in [1.82, 2.24) is 19.3 Å². The van der Waals surface area contributed by atoms with Gasteiger partial charge in [-0.15, -0.1) is 0 Å². The van der Waals surface area contributed by atoms with Crippen LogP contribution in [0.5, 0.6) is 5.75 Å². The van der Waals surface area contributed by atoms with Gasteiger partial charge in [0.1, 0.15) is 17.0 Å². The molecule has 0 saturated heterocycles. The van der Waals surface area contributed by atoms with E-state index in [9.17, 15) is 4.79 Å². The molecule has 7 nitrogen and oxygen atoms in total. The first-order valence-electron chi connectivity index (χ1n) is 9.33. The summed E-state index contributed by atoms with van der Waals surface area (Å²) in [5, 5.41) is 7.33. The lowest BCUT2D eigenvalue weighted by molar-refractivity contribution is 0.101. The van der Waals surface area contributed by atoms with Crippen LogP contribution < -0.4 is 10.1 Å². The molecule has 1 N–H and O–H groups in total. The van der Waals surface area contributed by atoms with E-state index < -0.39 is 0 Å². The van der Waals surface area contributed by atoms with E-state index in [2.05, 4.69) is 29.2 Å². The van der Waals surface area contributed by atoms with E-state index in [1.807, 2.05) is 36.6 Å². The summed E-state index contributed by atoms with van der Waals surface area (Å²) >= 11 is 0. The van der Waals surface area contributed by atoms with Gasteiger partial charge in [-0.25, -0.2) is 4.98 Å². The maximum atomic E-state index is 12.9. The van der Waals surface area contributed by atoms with Crippen molar-refractivity contribution in [2.75, 3.05) is 12.4 Å². The van der Waals surface area contributed by atoms with Gasteiger partial charge in [0.2, 0.25) is 5.95 Å². The SMILES string of the molecule is CCn1nc(C)cc1C(=O)Nc1nc2cccc(OC)c2n1CCC(C)C. The molecule has 3 rings (SSSR count). The van der Waals surface area contributed by atoms with Crippen LogP contribution in [0.3, 0.4) is 0 Å². The summed E-state index contributed by atoms with van der Waals surface area (Å²) in [7, 11) is 1.65. The number of para-hydroxylation sites is 1. The number of imidazole rings is 1. The van der Waals surface area contributed by atoms with Crippen molar-refractivity contribution in [3.05, 3.63) is 35.7 Å². The summed E-state index contributed by atoms with van der Waals surface area (Å²) in [5.41, 5.74) is 3.05. The predicted molar refractivity (Wildman–Crippen MR) is 106 cm³/mol. The van der Waals surface area contributed by atoms with Crippen LogP contribution in [-0.2, 0) is 13.1 Å². The molecule has 3 aromatic rings. The maximum Gasteiger partial charge on any atom is 0.276 e. The molecular weight excluding hydrogens is 342 g/mol. The van der Waals surface area contributed by atoms with Crippen LogP contribution in [0.4, 0.5) is 5.95 Å². The monoisotopic (exact) mass is 369 g/mol. The number of anilines is 1. The Hall–Kier alpha value is -2.83. The predicted octanol–water partition coefficient (Wildman–Crippen LogP) is 3.87. The Morgan fingerprint density at radius 2 is 2.11 bits per heavy atom. The van der Waals surface area contributed by atoms with E-state index in [4.69, 9.17) is 4.74 Å². The van der Waals surface area contributed by atoms with Gasteiger partial charge in [0, 0.05) is 13.1 Å². The van der Waals surface area contributed by atoms with E-state index >= 15 is 0 Å². The number of hydrogen-bond acceptors (Lipinski definition) is 4. The molecule has 7 heteroatoms. The van der Waals surface area contributed by atoms with Crippen molar-refractivity contribution in [2.24, 2.45) is 5.92 Å². The lowest BCUT2D eigenvalue weighted by Crippen LogP contribution is -2.20. The third-order valence-corrected chi connectivity index (χ3v) is 4.54. The molecule has 27 heavy (non-hydrogen) atoms. The molecule has 0 unspecified atom stereocenters. The molecule has 144 valence electrons. The number of rotatable bonds is 7. The number of ether oxygens (including phenoxy) is 1. The van der Waals surface area contributed by atoms with Gasteiger partial charge in [-0.3, -0.25) is 14.8 Å². The lowest BCUT2D eigenvalue weighted by atomic mass is 10.1. The Balaban J connectivity index is 2.02. The number of carbonyl (C=O) groups is 1. The molecule has 1 amide bonds. The van der Waals surface area contributed by atoms with Gasteiger partial charge < -0.3 is 9.30 Å². The third kappa shape index (κ3) is 3.82. The highest BCUT2D eigenvalue weighted by Crippen LogP contribution is 2.29. The first-order chi connectivity index (χ1) is 12.9. The van der Waals surface area contributed by atoms with Gasteiger partial charge in [-0.05, 0) is 44.4 Å². The number of nitrogens with zero attached hydrogens (tertiary/aromatic N) is 4. The number of fused-ring (bicyclic) bond motifs is 1. The number of aromatic nitrogens is 4. The average molecular weight is 369 g/mol. The van der Waals surface area contributed by atoms with Gasteiger partial charge in [-0.2, -0.15) is 5.10 Å². The van der Waals surface area contributed by atoms with Gasteiger partial charge in [0.05, 0.1) is 18.3 Å². The lowest BCUT2D eigenvalue weighted by Gasteiger charge is -2.13. The summed E-state index contributed by atoms with van der Waals surface area (Å²) in [5.74, 6) is 1.60. The van der Waals surface area contributed by atoms with Crippen LogP contribution in [0.25, 0.3) is 11.0 Å². The molecule has 0 aliphatic carbocycles. The Bertz CT molecular complexity index is 955. The number of benzene rings is 1. The molecule has 0 aliphatic heterocycles. The zero-order chi connectivity index (χ0) is 19.6. The Labute approximate surface area is 159 Å². The second kappa shape index (κ2) is 7.82. The van der Waals surface area contributed by atoms with Crippen LogP contribution >= 0.6 is 0 Å². The molecule has 0 saturated carbocycles. The van der Waals surface area contributed by atoms with Gasteiger partial charge in [-0.1, -0.05) is 19.9 Å². The van der Waals surface area contributed by atoms with Crippen LogP contribution in [-0.4, -0.2) is 32.3 Å². The fourth-order valence-corrected chi connectivity index (χ4v) is 3.15. The van der Waals surface area contributed by atoms with Crippen LogP contribution in [0.1, 0.15) is 43.4 Å². The first kappa shape index (κ1) is 18.9. The average Bonchev–Trinajstić information content (AvgIpc) is 3.19. The second-order valence-corrected chi connectivity index (χ2v) is 7.04. The van der Waals surface area contributed by atoms with Crippen molar-refractivity contribution < 1.29 is 9.53 Å². The fourth-order valence-electron chi connectivity index (χ4n) is 3.15. The summed E-state index contributed by atoms with van der Waals surface area (Å²) in [6.45, 7) is 9.58. The molecule has 0 aliphatic rings. The quantitative estimate of drug-likeness (QED) is 0.686. The van der Waals surface area contributed by atoms with Crippen molar-refractivity contribution in [1.29, 1.82) is 0 Å². The molecular formula is C20H27N5O2. The van der Waals surface area contributed by atoms with E-state index in [-0.39, 0.29) is 5.91 Å². The number of amides is 1. The molecule has 0 spiro atoms.